The highest BCUT2D eigenvalue weighted by atomic mass is 16.4. The molecule has 1 unspecified atom stereocenters. The lowest BCUT2D eigenvalue weighted by Gasteiger charge is -2.34. The SMILES string of the molecule is O=C(O)CN(CC1NCCc2ccccc21)C(=O)C1CCCCC1. The summed E-state index contributed by atoms with van der Waals surface area (Å²) in [4.78, 5) is 25.7. The van der Waals surface area contributed by atoms with Crippen molar-refractivity contribution in [1.29, 1.82) is 0 Å². The van der Waals surface area contributed by atoms with Gasteiger partial charge in [-0.2, -0.15) is 0 Å². The van der Waals surface area contributed by atoms with Gasteiger partial charge in [0.1, 0.15) is 6.54 Å². The lowest BCUT2D eigenvalue weighted by molar-refractivity contribution is -0.147. The topological polar surface area (TPSA) is 69.6 Å². The number of hydrogen-bond donors (Lipinski definition) is 2. The summed E-state index contributed by atoms with van der Waals surface area (Å²) >= 11 is 0. The Hall–Kier alpha value is -1.88. The van der Waals surface area contributed by atoms with Crippen LogP contribution in [0.4, 0.5) is 0 Å². The fourth-order valence-corrected chi connectivity index (χ4v) is 3.98. The first-order chi connectivity index (χ1) is 11.6. The van der Waals surface area contributed by atoms with Gasteiger partial charge in [-0.1, -0.05) is 43.5 Å². The van der Waals surface area contributed by atoms with Crippen LogP contribution in [0.5, 0.6) is 0 Å². The van der Waals surface area contributed by atoms with E-state index in [-0.39, 0.29) is 24.4 Å². The summed E-state index contributed by atoms with van der Waals surface area (Å²) in [6.07, 6.45) is 6.08. The van der Waals surface area contributed by atoms with Gasteiger partial charge in [0, 0.05) is 12.5 Å². The number of aliphatic carboxylic acids is 1. The van der Waals surface area contributed by atoms with Crippen molar-refractivity contribution in [3.8, 4) is 0 Å². The molecule has 2 N–H and O–H groups in total. The quantitative estimate of drug-likeness (QED) is 0.869. The number of benzene rings is 1. The maximum absolute atomic E-state index is 12.9. The van der Waals surface area contributed by atoms with Gasteiger partial charge in [0.15, 0.2) is 0 Å². The Morgan fingerprint density at radius 3 is 2.67 bits per heavy atom. The first-order valence-electron chi connectivity index (χ1n) is 8.97. The zero-order valence-corrected chi connectivity index (χ0v) is 14.0. The molecular formula is C19H26N2O3. The monoisotopic (exact) mass is 330 g/mol. The second kappa shape index (κ2) is 7.79. The van der Waals surface area contributed by atoms with Crippen LogP contribution < -0.4 is 5.32 Å². The number of nitrogens with one attached hydrogen (secondary N) is 1. The standard InChI is InChI=1S/C19H26N2O3/c22-18(23)13-21(19(24)15-7-2-1-3-8-15)12-17-16-9-5-4-6-14(16)10-11-20-17/h4-6,9,15,17,20H,1-3,7-8,10-13H2,(H,22,23). The molecule has 5 nitrogen and oxygen atoms in total. The van der Waals surface area contributed by atoms with E-state index in [1.54, 1.807) is 4.90 Å². The molecule has 0 radical (unpaired) electrons. The molecule has 24 heavy (non-hydrogen) atoms. The van der Waals surface area contributed by atoms with Crippen molar-refractivity contribution in [3.63, 3.8) is 0 Å². The van der Waals surface area contributed by atoms with Crippen LogP contribution in [0.15, 0.2) is 24.3 Å². The molecule has 1 heterocycles. The van der Waals surface area contributed by atoms with Crippen molar-refractivity contribution in [3.05, 3.63) is 35.4 Å². The molecule has 0 aromatic heterocycles. The molecule has 1 fully saturated rings. The summed E-state index contributed by atoms with van der Waals surface area (Å²) < 4.78 is 0. The zero-order chi connectivity index (χ0) is 16.9. The van der Waals surface area contributed by atoms with Gasteiger partial charge in [0.05, 0.1) is 6.04 Å². The molecule has 1 aromatic rings. The van der Waals surface area contributed by atoms with E-state index in [0.29, 0.717) is 6.54 Å². The van der Waals surface area contributed by atoms with E-state index in [9.17, 15) is 14.7 Å². The van der Waals surface area contributed by atoms with E-state index >= 15 is 0 Å². The Morgan fingerprint density at radius 1 is 1.17 bits per heavy atom. The van der Waals surface area contributed by atoms with Crippen molar-refractivity contribution in [1.82, 2.24) is 10.2 Å². The summed E-state index contributed by atoms with van der Waals surface area (Å²) in [7, 11) is 0. The van der Waals surface area contributed by atoms with E-state index in [1.165, 1.54) is 17.5 Å². The number of nitrogens with zero attached hydrogens (tertiary/aromatic N) is 1. The number of rotatable bonds is 5. The van der Waals surface area contributed by atoms with E-state index in [2.05, 4.69) is 17.4 Å². The molecule has 1 aromatic carbocycles. The highest BCUT2D eigenvalue weighted by Crippen LogP contribution is 2.28. The molecule has 1 amide bonds. The minimum atomic E-state index is -0.941. The van der Waals surface area contributed by atoms with Gasteiger partial charge < -0.3 is 15.3 Å². The Labute approximate surface area is 143 Å². The lowest BCUT2D eigenvalue weighted by atomic mass is 9.87. The summed E-state index contributed by atoms with van der Waals surface area (Å²) in [5, 5.41) is 12.7. The van der Waals surface area contributed by atoms with Crippen molar-refractivity contribution >= 4 is 11.9 Å². The van der Waals surface area contributed by atoms with E-state index in [4.69, 9.17) is 0 Å². The second-order valence-corrected chi connectivity index (χ2v) is 6.90. The summed E-state index contributed by atoms with van der Waals surface area (Å²) in [6, 6.07) is 8.25. The molecule has 0 spiro atoms. The number of amides is 1. The number of carboxylic acids is 1. The van der Waals surface area contributed by atoms with Crippen LogP contribution in [-0.2, 0) is 16.0 Å². The Bertz CT molecular complexity index is 596. The molecule has 3 rings (SSSR count). The average Bonchev–Trinajstić information content (AvgIpc) is 2.61. The maximum atomic E-state index is 12.9. The predicted octanol–water partition coefficient (Wildman–Crippen LogP) is 2.37. The van der Waals surface area contributed by atoms with Crippen molar-refractivity contribution < 1.29 is 14.7 Å². The third-order valence-corrected chi connectivity index (χ3v) is 5.21. The molecule has 2 aliphatic rings. The number of carbonyl (C=O) groups is 2. The Morgan fingerprint density at radius 2 is 1.92 bits per heavy atom. The first-order valence-corrected chi connectivity index (χ1v) is 8.97. The molecule has 130 valence electrons. The van der Waals surface area contributed by atoms with Crippen LogP contribution in [0.3, 0.4) is 0 Å². The Balaban J connectivity index is 1.75. The largest absolute Gasteiger partial charge is 0.480 e. The smallest absolute Gasteiger partial charge is 0.323 e. The average molecular weight is 330 g/mol. The third-order valence-electron chi connectivity index (χ3n) is 5.21. The van der Waals surface area contributed by atoms with Crippen LogP contribution >= 0.6 is 0 Å². The van der Waals surface area contributed by atoms with E-state index < -0.39 is 5.97 Å². The van der Waals surface area contributed by atoms with Crippen LogP contribution in [0, 0.1) is 5.92 Å². The van der Waals surface area contributed by atoms with Gasteiger partial charge in [-0.3, -0.25) is 9.59 Å². The molecular weight excluding hydrogens is 304 g/mol. The molecule has 1 saturated carbocycles. The molecule has 1 aliphatic carbocycles. The highest BCUT2D eigenvalue weighted by molar-refractivity contribution is 5.83. The van der Waals surface area contributed by atoms with Gasteiger partial charge in [-0.15, -0.1) is 0 Å². The lowest BCUT2D eigenvalue weighted by Crippen LogP contribution is -2.46. The fourth-order valence-electron chi connectivity index (χ4n) is 3.98. The zero-order valence-electron chi connectivity index (χ0n) is 14.0. The summed E-state index contributed by atoms with van der Waals surface area (Å²) in [6.45, 7) is 1.08. The van der Waals surface area contributed by atoms with E-state index in [0.717, 1.165) is 38.6 Å². The highest BCUT2D eigenvalue weighted by Gasteiger charge is 2.30. The van der Waals surface area contributed by atoms with Gasteiger partial charge in [0.25, 0.3) is 0 Å². The molecule has 1 atom stereocenters. The number of hydrogen-bond acceptors (Lipinski definition) is 3. The van der Waals surface area contributed by atoms with Crippen LogP contribution in [0.1, 0.15) is 49.3 Å². The van der Waals surface area contributed by atoms with Crippen LogP contribution in [0.25, 0.3) is 0 Å². The van der Waals surface area contributed by atoms with Crippen molar-refractivity contribution in [2.45, 2.75) is 44.6 Å². The second-order valence-electron chi connectivity index (χ2n) is 6.90. The normalized spacial score (nSPS) is 21.1. The van der Waals surface area contributed by atoms with Gasteiger partial charge in [0.2, 0.25) is 5.91 Å². The minimum absolute atomic E-state index is 0.00284. The molecule has 5 heteroatoms. The fraction of sp³-hybridized carbons (Fsp3) is 0.579. The maximum Gasteiger partial charge on any atom is 0.323 e. The molecule has 1 aliphatic heterocycles. The number of carboxylic acid groups (broad SMARTS) is 1. The summed E-state index contributed by atoms with van der Waals surface area (Å²) in [5.41, 5.74) is 2.48. The first kappa shape index (κ1) is 17.0. The predicted molar refractivity (Wildman–Crippen MR) is 91.7 cm³/mol. The van der Waals surface area contributed by atoms with Crippen molar-refractivity contribution in [2.75, 3.05) is 19.6 Å². The van der Waals surface area contributed by atoms with Gasteiger partial charge in [-0.05, 0) is 36.9 Å². The van der Waals surface area contributed by atoms with Crippen molar-refractivity contribution in [2.24, 2.45) is 5.92 Å². The van der Waals surface area contributed by atoms with Gasteiger partial charge in [-0.25, -0.2) is 0 Å². The van der Waals surface area contributed by atoms with E-state index in [1.807, 2.05) is 12.1 Å². The number of fused-ring (bicyclic) bond motifs is 1. The number of carbonyl (C=O) groups excluding carboxylic acids is 1. The minimum Gasteiger partial charge on any atom is -0.480 e. The molecule has 0 bridgehead atoms. The third kappa shape index (κ3) is 3.96. The van der Waals surface area contributed by atoms with Crippen LogP contribution in [0.2, 0.25) is 0 Å². The van der Waals surface area contributed by atoms with Crippen LogP contribution in [-0.4, -0.2) is 41.5 Å². The van der Waals surface area contributed by atoms with Gasteiger partial charge >= 0.3 is 5.97 Å². The Kier molecular flexibility index (Phi) is 5.51. The summed E-state index contributed by atoms with van der Waals surface area (Å²) in [5.74, 6) is -0.929. The molecule has 0 saturated heterocycles.